The zero-order valence-corrected chi connectivity index (χ0v) is 21.2. The Hall–Kier alpha value is -1.91. The number of nitrogens with zero attached hydrogens (tertiary/aromatic N) is 1. The molecule has 33 heavy (non-hydrogen) atoms. The minimum Gasteiger partial charge on any atom is -0.461 e. The molecule has 1 rings (SSSR count). The van der Waals surface area contributed by atoms with Crippen LogP contribution >= 0.6 is 0 Å². The summed E-state index contributed by atoms with van der Waals surface area (Å²) < 4.78 is 10.7. The fourth-order valence-electron chi connectivity index (χ4n) is 3.79. The van der Waals surface area contributed by atoms with Gasteiger partial charge in [-0.25, -0.2) is 14.6 Å². The number of aromatic nitrogens is 1. The van der Waals surface area contributed by atoms with E-state index < -0.39 is 11.9 Å². The minimum absolute atomic E-state index is 0.159. The standard InChI is InChI=1S/C28H47NO4/c1-3-5-7-9-11-13-15-17-19-24-33-28(31)26-22-20-21-25(29-26)27(30)32-23-18-16-14-12-10-8-6-4-2/h20-22H,3-19,23-24H2,1-2H3. The topological polar surface area (TPSA) is 65.5 Å². The molecule has 0 aliphatic heterocycles. The van der Waals surface area contributed by atoms with Crippen molar-refractivity contribution in [1.82, 2.24) is 4.98 Å². The highest BCUT2D eigenvalue weighted by Gasteiger charge is 2.14. The van der Waals surface area contributed by atoms with E-state index in [9.17, 15) is 9.59 Å². The second kappa shape index (κ2) is 20.7. The van der Waals surface area contributed by atoms with E-state index >= 15 is 0 Å². The highest BCUT2D eigenvalue weighted by molar-refractivity contribution is 5.91. The first-order chi connectivity index (χ1) is 16.2. The predicted molar refractivity (Wildman–Crippen MR) is 135 cm³/mol. The Morgan fingerprint density at radius 1 is 0.576 bits per heavy atom. The van der Waals surface area contributed by atoms with Gasteiger partial charge in [0.15, 0.2) is 0 Å². The lowest BCUT2D eigenvalue weighted by atomic mass is 10.1. The quantitative estimate of drug-likeness (QED) is 0.137. The van der Waals surface area contributed by atoms with E-state index in [0.29, 0.717) is 13.2 Å². The van der Waals surface area contributed by atoms with E-state index in [1.165, 1.54) is 83.5 Å². The van der Waals surface area contributed by atoms with Gasteiger partial charge in [0.05, 0.1) is 13.2 Å². The molecule has 0 spiro atoms. The fraction of sp³-hybridized carbons (Fsp3) is 0.750. The molecule has 0 saturated carbocycles. The maximum absolute atomic E-state index is 12.2. The highest BCUT2D eigenvalue weighted by atomic mass is 16.5. The Morgan fingerprint density at radius 2 is 0.909 bits per heavy atom. The first-order valence-corrected chi connectivity index (χ1v) is 13.5. The number of carbonyl (C=O) groups excluding carboxylic acids is 2. The van der Waals surface area contributed by atoms with Crippen molar-refractivity contribution in [1.29, 1.82) is 0 Å². The van der Waals surface area contributed by atoms with Gasteiger partial charge in [0.1, 0.15) is 11.4 Å². The third-order valence-electron chi connectivity index (χ3n) is 5.88. The molecule has 1 heterocycles. The molecule has 0 N–H and O–H groups in total. The van der Waals surface area contributed by atoms with Crippen LogP contribution < -0.4 is 0 Å². The number of hydrogen-bond acceptors (Lipinski definition) is 5. The average molecular weight is 462 g/mol. The van der Waals surface area contributed by atoms with Crippen LogP contribution in [0.2, 0.25) is 0 Å². The Labute approximate surface area is 202 Å². The van der Waals surface area contributed by atoms with E-state index in [1.54, 1.807) is 18.2 Å². The van der Waals surface area contributed by atoms with Crippen LogP contribution in [0.1, 0.15) is 144 Å². The normalized spacial score (nSPS) is 10.8. The minimum atomic E-state index is -0.480. The maximum Gasteiger partial charge on any atom is 0.356 e. The molecule has 1 aromatic heterocycles. The molecule has 0 bridgehead atoms. The molecule has 0 amide bonds. The van der Waals surface area contributed by atoms with Crippen LogP contribution in [-0.2, 0) is 9.47 Å². The number of pyridine rings is 1. The van der Waals surface area contributed by atoms with Crippen LogP contribution in [0.15, 0.2) is 18.2 Å². The van der Waals surface area contributed by atoms with Crippen LogP contribution in [0.3, 0.4) is 0 Å². The van der Waals surface area contributed by atoms with Crippen molar-refractivity contribution in [3.8, 4) is 0 Å². The predicted octanol–water partition coefficient (Wildman–Crippen LogP) is 8.07. The van der Waals surface area contributed by atoms with E-state index in [1.807, 2.05) is 0 Å². The van der Waals surface area contributed by atoms with Crippen molar-refractivity contribution >= 4 is 11.9 Å². The molecule has 1 aromatic rings. The number of hydrogen-bond donors (Lipinski definition) is 0. The van der Waals surface area contributed by atoms with Gasteiger partial charge in [-0.1, -0.05) is 116 Å². The lowest BCUT2D eigenvalue weighted by molar-refractivity contribution is 0.0482. The number of rotatable bonds is 21. The summed E-state index contributed by atoms with van der Waals surface area (Å²) in [7, 11) is 0. The SMILES string of the molecule is CCCCCCCCCCCOC(=O)c1cccc(C(=O)OCCCCCCCCCC)n1. The summed E-state index contributed by atoms with van der Waals surface area (Å²) in [5, 5.41) is 0. The monoisotopic (exact) mass is 461 g/mol. The largest absolute Gasteiger partial charge is 0.461 e. The van der Waals surface area contributed by atoms with Gasteiger partial charge in [-0.15, -0.1) is 0 Å². The van der Waals surface area contributed by atoms with Gasteiger partial charge in [-0.3, -0.25) is 0 Å². The van der Waals surface area contributed by atoms with Gasteiger partial charge < -0.3 is 9.47 Å². The molecule has 0 saturated heterocycles. The molecule has 5 heteroatoms. The third kappa shape index (κ3) is 15.5. The lowest BCUT2D eigenvalue weighted by Gasteiger charge is -2.07. The third-order valence-corrected chi connectivity index (χ3v) is 5.88. The molecule has 188 valence electrons. The number of carbonyl (C=O) groups is 2. The molecule has 0 radical (unpaired) electrons. The highest BCUT2D eigenvalue weighted by Crippen LogP contribution is 2.11. The molecular formula is C28H47NO4. The van der Waals surface area contributed by atoms with E-state index in [-0.39, 0.29) is 11.4 Å². The molecule has 0 atom stereocenters. The summed E-state index contributed by atoms with van der Waals surface area (Å²) in [5.74, 6) is -0.959. The fourth-order valence-corrected chi connectivity index (χ4v) is 3.79. The van der Waals surface area contributed by atoms with Crippen molar-refractivity contribution in [3.63, 3.8) is 0 Å². The van der Waals surface area contributed by atoms with Crippen molar-refractivity contribution in [2.45, 2.75) is 123 Å². The van der Waals surface area contributed by atoms with Gasteiger partial charge in [-0.05, 0) is 25.0 Å². The molecule has 0 fully saturated rings. The average Bonchev–Trinajstić information content (AvgIpc) is 2.84. The number of ether oxygens (including phenoxy) is 2. The van der Waals surface area contributed by atoms with Gasteiger partial charge in [0.25, 0.3) is 0 Å². The summed E-state index contributed by atoms with van der Waals surface area (Å²) in [6.45, 7) is 5.24. The van der Waals surface area contributed by atoms with Crippen molar-refractivity contribution in [2.75, 3.05) is 13.2 Å². The van der Waals surface area contributed by atoms with E-state index in [0.717, 1.165) is 25.7 Å². The Bertz CT molecular complexity index is 632. The molecule has 5 nitrogen and oxygen atoms in total. The zero-order chi connectivity index (χ0) is 24.0. The van der Waals surface area contributed by atoms with Crippen LogP contribution in [0.5, 0.6) is 0 Å². The molecule has 0 unspecified atom stereocenters. The molecule has 0 aliphatic rings. The first kappa shape index (κ1) is 29.1. The summed E-state index contributed by atoms with van der Waals surface area (Å²) in [4.78, 5) is 28.6. The lowest BCUT2D eigenvalue weighted by Crippen LogP contribution is -2.13. The van der Waals surface area contributed by atoms with Crippen molar-refractivity contribution < 1.29 is 19.1 Å². The molecular weight excluding hydrogens is 414 g/mol. The van der Waals surface area contributed by atoms with Gasteiger partial charge in [0.2, 0.25) is 0 Å². The second-order valence-corrected chi connectivity index (χ2v) is 8.98. The van der Waals surface area contributed by atoms with Crippen LogP contribution in [0, 0.1) is 0 Å². The van der Waals surface area contributed by atoms with Gasteiger partial charge in [0, 0.05) is 0 Å². The van der Waals surface area contributed by atoms with E-state index in [2.05, 4.69) is 18.8 Å². The molecule has 0 aromatic carbocycles. The zero-order valence-electron chi connectivity index (χ0n) is 21.2. The second-order valence-electron chi connectivity index (χ2n) is 8.98. The van der Waals surface area contributed by atoms with Gasteiger partial charge >= 0.3 is 11.9 Å². The Kier molecular flexibility index (Phi) is 18.2. The maximum atomic E-state index is 12.2. The van der Waals surface area contributed by atoms with Crippen molar-refractivity contribution in [2.24, 2.45) is 0 Å². The number of unbranched alkanes of at least 4 members (excludes halogenated alkanes) is 15. The summed E-state index contributed by atoms with van der Waals surface area (Å²) in [5.41, 5.74) is 0.319. The summed E-state index contributed by atoms with van der Waals surface area (Å²) in [6.07, 6.45) is 20.5. The summed E-state index contributed by atoms with van der Waals surface area (Å²) >= 11 is 0. The summed E-state index contributed by atoms with van der Waals surface area (Å²) in [6, 6.07) is 4.80. The Balaban J connectivity index is 2.15. The van der Waals surface area contributed by atoms with Crippen LogP contribution in [0.4, 0.5) is 0 Å². The van der Waals surface area contributed by atoms with E-state index in [4.69, 9.17) is 9.47 Å². The van der Waals surface area contributed by atoms with Crippen LogP contribution in [0.25, 0.3) is 0 Å². The van der Waals surface area contributed by atoms with Gasteiger partial charge in [-0.2, -0.15) is 0 Å². The first-order valence-electron chi connectivity index (χ1n) is 13.5. The Morgan fingerprint density at radius 3 is 1.27 bits per heavy atom. The smallest absolute Gasteiger partial charge is 0.356 e. The number of esters is 2. The van der Waals surface area contributed by atoms with Crippen molar-refractivity contribution in [3.05, 3.63) is 29.6 Å². The van der Waals surface area contributed by atoms with Crippen LogP contribution in [-0.4, -0.2) is 30.1 Å². The molecule has 0 aliphatic carbocycles.